The van der Waals surface area contributed by atoms with Crippen LogP contribution in [0.1, 0.15) is 33.1 Å². The van der Waals surface area contributed by atoms with E-state index in [1.807, 2.05) is 44.2 Å². The van der Waals surface area contributed by atoms with Crippen LogP contribution in [0.3, 0.4) is 0 Å². The largest absolute Gasteiger partial charge is 0.481 e. The first-order chi connectivity index (χ1) is 9.54. The summed E-state index contributed by atoms with van der Waals surface area (Å²) in [5.74, 6) is -0.803. The molecule has 2 N–H and O–H groups in total. The first-order valence-corrected chi connectivity index (χ1v) is 6.89. The van der Waals surface area contributed by atoms with E-state index in [1.54, 1.807) is 4.90 Å². The number of rotatable bonds is 7. The highest BCUT2D eigenvalue weighted by Gasteiger charge is 2.15. The number of hydrogen-bond acceptors (Lipinski definition) is 2. The molecular formula is C15H22N2O3. The van der Waals surface area contributed by atoms with Crippen molar-refractivity contribution in [3.8, 4) is 0 Å². The summed E-state index contributed by atoms with van der Waals surface area (Å²) in [5, 5.41) is 11.5. The molecule has 1 aromatic carbocycles. The van der Waals surface area contributed by atoms with Gasteiger partial charge in [0.2, 0.25) is 0 Å². The van der Waals surface area contributed by atoms with E-state index >= 15 is 0 Å². The molecule has 110 valence electrons. The normalized spacial score (nSPS) is 11.7. The Morgan fingerprint density at radius 3 is 2.50 bits per heavy atom. The van der Waals surface area contributed by atoms with Gasteiger partial charge in [-0.3, -0.25) is 9.69 Å². The van der Waals surface area contributed by atoms with Crippen LogP contribution in [-0.4, -0.2) is 29.7 Å². The van der Waals surface area contributed by atoms with E-state index in [4.69, 9.17) is 5.11 Å². The Labute approximate surface area is 119 Å². The topological polar surface area (TPSA) is 69.6 Å². The Hall–Kier alpha value is -2.04. The number of aliphatic carboxylic acids is 1. The predicted molar refractivity (Wildman–Crippen MR) is 78.9 cm³/mol. The van der Waals surface area contributed by atoms with Crippen LogP contribution >= 0.6 is 0 Å². The van der Waals surface area contributed by atoms with Gasteiger partial charge >= 0.3 is 12.0 Å². The number of nitrogens with zero attached hydrogens (tertiary/aromatic N) is 1. The third-order valence-corrected chi connectivity index (χ3v) is 3.03. The van der Waals surface area contributed by atoms with Gasteiger partial charge in [-0.05, 0) is 38.8 Å². The fraction of sp³-hybridized carbons (Fsp3) is 0.467. The summed E-state index contributed by atoms with van der Waals surface area (Å²) < 4.78 is 0. The summed E-state index contributed by atoms with van der Waals surface area (Å²) in [5.41, 5.74) is 0.852. The summed E-state index contributed by atoms with van der Waals surface area (Å²) in [4.78, 5) is 24.3. The number of carbonyl (C=O) groups excluding carboxylic acids is 1. The molecule has 0 saturated heterocycles. The molecule has 0 aliphatic heterocycles. The molecule has 1 unspecified atom stereocenters. The molecule has 0 aliphatic carbocycles. The van der Waals surface area contributed by atoms with Crippen molar-refractivity contribution < 1.29 is 14.7 Å². The van der Waals surface area contributed by atoms with Crippen molar-refractivity contribution in [3.05, 3.63) is 30.3 Å². The number of carbonyl (C=O) groups is 2. The molecule has 1 rings (SSSR count). The molecule has 0 bridgehead atoms. The van der Waals surface area contributed by atoms with Crippen molar-refractivity contribution in [1.82, 2.24) is 5.32 Å². The summed E-state index contributed by atoms with van der Waals surface area (Å²) in [6, 6.07) is 9.27. The maximum Gasteiger partial charge on any atom is 0.322 e. The minimum Gasteiger partial charge on any atom is -0.481 e. The Bertz CT molecular complexity index is 434. The predicted octanol–water partition coefficient (Wildman–Crippen LogP) is 2.87. The van der Waals surface area contributed by atoms with E-state index in [1.165, 1.54) is 0 Å². The van der Waals surface area contributed by atoms with Gasteiger partial charge in [-0.15, -0.1) is 0 Å². The Morgan fingerprint density at radius 2 is 1.95 bits per heavy atom. The average Bonchev–Trinajstić information content (AvgIpc) is 2.40. The van der Waals surface area contributed by atoms with Crippen LogP contribution in [0.2, 0.25) is 0 Å². The first kappa shape index (κ1) is 16.0. The number of carboxylic acid groups (broad SMARTS) is 1. The molecule has 2 amide bonds. The summed E-state index contributed by atoms with van der Waals surface area (Å²) >= 11 is 0. The van der Waals surface area contributed by atoms with Crippen LogP contribution in [-0.2, 0) is 4.79 Å². The summed E-state index contributed by atoms with van der Waals surface area (Å²) in [7, 11) is 0. The van der Waals surface area contributed by atoms with Gasteiger partial charge in [0.25, 0.3) is 0 Å². The Morgan fingerprint density at radius 1 is 1.30 bits per heavy atom. The van der Waals surface area contributed by atoms with Gasteiger partial charge in [0.05, 0.1) is 0 Å². The zero-order valence-electron chi connectivity index (χ0n) is 12.0. The van der Waals surface area contributed by atoms with E-state index in [0.717, 1.165) is 5.69 Å². The molecule has 0 saturated carbocycles. The standard InChI is InChI=1S/C15H22N2O3/c1-3-17(13-9-5-4-6-10-13)15(20)16-12(2)8-7-11-14(18)19/h4-6,9-10,12H,3,7-8,11H2,1-2H3,(H,16,20)(H,18,19). The fourth-order valence-corrected chi connectivity index (χ4v) is 1.97. The minimum absolute atomic E-state index is 0.0420. The third-order valence-electron chi connectivity index (χ3n) is 3.03. The number of nitrogens with one attached hydrogen (secondary N) is 1. The number of anilines is 1. The van der Waals surface area contributed by atoms with Crippen molar-refractivity contribution in [3.63, 3.8) is 0 Å². The lowest BCUT2D eigenvalue weighted by atomic mass is 10.1. The molecule has 0 radical (unpaired) electrons. The van der Waals surface area contributed by atoms with Crippen molar-refractivity contribution in [1.29, 1.82) is 0 Å². The second kappa shape index (κ2) is 8.19. The molecule has 1 aromatic rings. The van der Waals surface area contributed by atoms with Gasteiger partial charge < -0.3 is 10.4 Å². The molecule has 5 nitrogen and oxygen atoms in total. The number of urea groups is 1. The zero-order chi connectivity index (χ0) is 15.0. The number of para-hydroxylation sites is 1. The van der Waals surface area contributed by atoms with Crippen molar-refractivity contribution in [2.45, 2.75) is 39.2 Å². The Kier molecular flexibility index (Phi) is 6.56. The van der Waals surface area contributed by atoms with E-state index in [0.29, 0.717) is 19.4 Å². The monoisotopic (exact) mass is 278 g/mol. The maximum atomic E-state index is 12.2. The molecule has 0 heterocycles. The number of carboxylic acids is 1. The van der Waals surface area contributed by atoms with Crippen molar-refractivity contribution >= 4 is 17.7 Å². The van der Waals surface area contributed by atoms with Gasteiger partial charge in [0, 0.05) is 24.7 Å². The minimum atomic E-state index is -0.803. The van der Waals surface area contributed by atoms with Gasteiger partial charge in [0.15, 0.2) is 0 Å². The molecule has 0 spiro atoms. The summed E-state index contributed by atoms with van der Waals surface area (Å²) in [6.45, 7) is 4.39. The highest BCUT2D eigenvalue weighted by molar-refractivity contribution is 5.92. The SMILES string of the molecule is CCN(C(=O)NC(C)CCCC(=O)O)c1ccccc1. The zero-order valence-corrected chi connectivity index (χ0v) is 12.0. The summed E-state index contributed by atoms with van der Waals surface area (Å²) in [6.07, 6.45) is 1.36. The maximum absolute atomic E-state index is 12.2. The second-order valence-electron chi connectivity index (χ2n) is 4.72. The smallest absolute Gasteiger partial charge is 0.322 e. The van der Waals surface area contributed by atoms with Gasteiger partial charge in [-0.2, -0.15) is 0 Å². The van der Waals surface area contributed by atoms with E-state index in [9.17, 15) is 9.59 Å². The molecule has 5 heteroatoms. The van der Waals surface area contributed by atoms with Crippen LogP contribution in [0.5, 0.6) is 0 Å². The number of benzene rings is 1. The fourth-order valence-electron chi connectivity index (χ4n) is 1.97. The highest BCUT2D eigenvalue weighted by Crippen LogP contribution is 2.13. The molecule has 1 atom stereocenters. The Balaban J connectivity index is 2.49. The lowest BCUT2D eigenvalue weighted by Gasteiger charge is -2.24. The third kappa shape index (κ3) is 5.30. The van der Waals surface area contributed by atoms with E-state index in [-0.39, 0.29) is 18.5 Å². The number of hydrogen-bond donors (Lipinski definition) is 2. The quantitative estimate of drug-likeness (QED) is 0.805. The highest BCUT2D eigenvalue weighted by atomic mass is 16.4. The molecule has 0 fully saturated rings. The van der Waals surface area contributed by atoms with E-state index in [2.05, 4.69) is 5.32 Å². The van der Waals surface area contributed by atoms with Gasteiger partial charge in [-0.25, -0.2) is 4.79 Å². The molecular weight excluding hydrogens is 256 g/mol. The molecule has 0 aliphatic rings. The van der Waals surface area contributed by atoms with Crippen LogP contribution in [0.25, 0.3) is 0 Å². The van der Waals surface area contributed by atoms with Crippen LogP contribution in [0.4, 0.5) is 10.5 Å². The molecule has 0 aromatic heterocycles. The average molecular weight is 278 g/mol. The van der Waals surface area contributed by atoms with Crippen LogP contribution in [0.15, 0.2) is 30.3 Å². The van der Waals surface area contributed by atoms with Crippen LogP contribution in [0, 0.1) is 0 Å². The van der Waals surface area contributed by atoms with Crippen molar-refractivity contribution in [2.75, 3.05) is 11.4 Å². The lowest BCUT2D eigenvalue weighted by Crippen LogP contribution is -2.44. The molecule has 20 heavy (non-hydrogen) atoms. The van der Waals surface area contributed by atoms with E-state index < -0.39 is 5.97 Å². The van der Waals surface area contributed by atoms with Crippen molar-refractivity contribution in [2.24, 2.45) is 0 Å². The first-order valence-electron chi connectivity index (χ1n) is 6.89. The van der Waals surface area contributed by atoms with Gasteiger partial charge in [0.1, 0.15) is 0 Å². The number of amides is 2. The second-order valence-corrected chi connectivity index (χ2v) is 4.72. The lowest BCUT2D eigenvalue weighted by molar-refractivity contribution is -0.137. The van der Waals surface area contributed by atoms with Gasteiger partial charge in [-0.1, -0.05) is 18.2 Å². The van der Waals surface area contributed by atoms with Crippen LogP contribution < -0.4 is 10.2 Å².